The summed E-state index contributed by atoms with van der Waals surface area (Å²) in [4.78, 5) is 15.1. The van der Waals surface area contributed by atoms with Gasteiger partial charge in [0.1, 0.15) is 4.88 Å². The quantitative estimate of drug-likeness (QED) is 0.818. The third-order valence-electron chi connectivity index (χ3n) is 1.82. The molecule has 1 amide bonds. The standard InChI is InChI=1S/C8H9F4N3OS/c1-3-4(17-7(13)15-3)5(16)14-2-8(11,12)6(9)10/h6H,2H2,1H3,(H2,13,15)(H,14,16). The molecule has 9 heteroatoms. The van der Waals surface area contributed by atoms with Crippen molar-refractivity contribution in [1.29, 1.82) is 0 Å². The van der Waals surface area contributed by atoms with Crippen LogP contribution in [0.25, 0.3) is 0 Å². The molecule has 4 nitrogen and oxygen atoms in total. The number of aromatic nitrogens is 1. The number of amides is 1. The van der Waals surface area contributed by atoms with Gasteiger partial charge in [-0.15, -0.1) is 0 Å². The average molecular weight is 271 g/mol. The summed E-state index contributed by atoms with van der Waals surface area (Å²) in [5, 5.41) is 1.83. The molecule has 1 heterocycles. The van der Waals surface area contributed by atoms with Crippen LogP contribution in [0.5, 0.6) is 0 Å². The summed E-state index contributed by atoms with van der Waals surface area (Å²) < 4.78 is 48.7. The van der Waals surface area contributed by atoms with Gasteiger partial charge in [-0.05, 0) is 6.92 Å². The molecule has 1 rings (SSSR count). The number of hydrogen-bond acceptors (Lipinski definition) is 4. The molecule has 0 radical (unpaired) electrons. The van der Waals surface area contributed by atoms with Crippen molar-refractivity contribution in [2.24, 2.45) is 0 Å². The third-order valence-corrected chi connectivity index (χ3v) is 2.81. The topological polar surface area (TPSA) is 68.0 Å². The fourth-order valence-corrected chi connectivity index (χ4v) is 1.73. The number of aryl methyl sites for hydroxylation is 1. The second-order valence-corrected chi connectivity index (χ2v) is 4.24. The lowest BCUT2D eigenvalue weighted by atomic mass is 10.3. The predicted octanol–water partition coefficient (Wildman–Crippen LogP) is 1.66. The minimum absolute atomic E-state index is 0.0348. The van der Waals surface area contributed by atoms with Crippen molar-refractivity contribution in [1.82, 2.24) is 10.3 Å². The first-order valence-corrected chi connectivity index (χ1v) is 5.22. The zero-order chi connectivity index (χ0) is 13.2. The van der Waals surface area contributed by atoms with Gasteiger partial charge < -0.3 is 11.1 Å². The summed E-state index contributed by atoms with van der Waals surface area (Å²) in [5.41, 5.74) is 5.58. The van der Waals surface area contributed by atoms with Gasteiger partial charge in [0.25, 0.3) is 5.91 Å². The zero-order valence-corrected chi connectivity index (χ0v) is 9.45. The van der Waals surface area contributed by atoms with Crippen LogP contribution < -0.4 is 11.1 Å². The number of nitrogens with one attached hydrogen (secondary N) is 1. The van der Waals surface area contributed by atoms with E-state index in [0.717, 1.165) is 11.3 Å². The third kappa shape index (κ3) is 3.29. The Balaban J connectivity index is 2.65. The van der Waals surface area contributed by atoms with Crippen LogP contribution in [0, 0.1) is 6.92 Å². The predicted molar refractivity (Wildman–Crippen MR) is 54.5 cm³/mol. The second kappa shape index (κ2) is 4.86. The van der Waals surface area contributed by atoms with Crippen molar-refractivity contribution in [3.8, 4) is 0 Å². The molecule has 0 unspecified atom stereocenters. The lowest BCUT2D eigenvalue weighted by Crippen LogP contribution is -2.41. The number of anilines is 1. The molecule has 0 saturated carbocycles. The number of rotatable bonds is 4. The van der Waals surface area contributed by atoms with Gasteiger partial charge in [0, 0.05) is 0 Å². The van der Waals surface area contributed by atoms with E-state index in [1.54, 1.807) is 5.32 Å². The molecule has 0 aliphatic rings. The molecule has 96 valence electrons. The molecule has 0 saturated heterocycles. The molecule has 0 atom stereocenters. The van der Waals surface area contributed by atoms with Gasteiger partial charge in [0.2, 0.25) is 0 Å². The number of alkyl halides is 4. The van der Waals surface area contributed by atoms with Crippen molar-refractivity contribution in [2.75, 3.05) is 12.3 Å². The fraction of sp³-hybridized carbons (Fsp3) is 0.500. The number of nitrogen functional groups attached to an aromatic ring is 1. The summed E-state index contributed by atoms with van der Waals surface area (Å²) in [6.07, 6.45) is -3.82. The first kappa shape index (κ1) is 13.7. The molecule has 1 aromatic rings. The van der Waals surface area contributed by atoms with E-state index in [1.807, 2.05) is 0 Å². The fourth-order valence-electron chi connectivity index (χ4n) is 0.984. The Morgan fingerprint density at radius 1 is 1.59 bits per heavy atom. The maximum absolute atomic E-state index is 12.5. The first-order chi connectivity index (χ1) is 7.74. The molecule has 0 fully saturated rings. The van der Waals surface area contributed by atoms with Crippen LogP contribution in [0.4, 0.5) is 22.7 Å². The normalized spacial score (nSPS) is 11.9. The van der Waals surface area contributed by atoms with E-state index in [0.29, 0.717) is 0 Å². The molecular formula is C8H9F4N3OS. The Hall–Kier alpha value is -1.38. The maximum atomic E-state index is 12.5. The summed E-state index contributed by atoms with van der Waals surface area (Å²) in [7, 11) is 0. The van der Waals surface area contributed by atoms with Gasteiger partial charge in [-0.2, -0.15) is 8.78 Å². The molecular weight excluding hydrogens is 262 g/mol. The number of thiazole rings is 1. The number of nitrogens with zero attached hydrogens (tertiary/aromatic N) is 1. The van der Waals surface area contributed by atoms with Crippen molar-refractivity contribution in [3.05, 3.63) is 10.6 Å². The Kier molecular flexibility index (Phi) is 3.91. The molecule has 0 bridgehead atoms. The Labute approximate surface area is 97.8 Å². The highest BCUT2D eigenvalue weighted by atomic mass is 32.1. The Bertz CT molecular complexity index is 421. The summed E-state index contributed by atoms with van der Waals surface area (Å²) >= 11 is 0.804. The van der Waals surface area contributed by atoms with Crippen LogP contribution in [0.1, 0.15) is 15.4 Å². The number of carbonyl (C=O) groups excluding carboxylic acids is 1. The van der Waals surface area contributed by atoms with Crippen LogP contribution in [0.3, 0.4) is 0 Å². The summed E-state index contributed by atoms with van der Waals surface area (Å²) in [6.45, 7) is 0.0355. The van der Waals surface area contributed by atoms with Crippen LogP contribution >= 0.6 is 11.3 Å². The lowest BCUT2D eigenvalue weighted by molar-refractivity contribution is -0.123. The van der Waals surface area contributed by atoms with Gasteiger partial charge in [0.15, 0.2) is 5.13 Å². The van der Waals surface area contributed by atoms with Gasteiger partial charge in [-0.1, -0.05) is 11.3 Å². The monoisotopic (exact) mass is 271 g/mol. The van der Waals surface area contributed by atoms with E-state index >= 15 is 0 Å². The van der Waals surface area contributed by atoms with E-state index in [1.165, 1.54) is 6.92 Å². The molecule has 0 spiro atoms. The van der Waals surface area contributed by atoms with Crippen molar-refractivity contribution in [3.63, 3.8) is 0 Å². The van der Waals surface area contributed by atoms with E-state index in [4.69, 9.17) is 5.73 Å². The molecule has 17 heavy (non-hydrogen) atoms. The Morgan fingerprint density at radius 2 is 2.18 bits per heavy atom. The van der Waals surface area contributed by atoms with E-state index in [9.17, 15) is 22.4 Å². The first-order valence-electron chi connectivity index (χ1n) is 4.41. The molecule has 0 aliphatic carbocycles. The zero-order valence-electron chi connectivity index (χ0n) is 8.64. The summed E-state index contributed by atoms with van der Waals surface area (Å²) in [5.74, 6) is -5.14. The maximum Gasteiger partial charge on any atom is 0.324 e. The highest BCUT2D eigenvalue weighted by Crippen LogP contribution is 2.23. The smallest absolute Gasteiger partial charge is 0.324 e. The van der Waals surface area contributed by atoms with E-state index < -0.39 is 24.8 Å². The average Bonchev–Trinajstić information content (AvgIpc) is 2.54. The van der Waals surface area contributed by atoms with Crippen molar-refractivity contribution in [2.45, 2.75) is 19.3 Å². The second-order valence-electron chi connectivity index (χ2n) is 3.21. The van der Waals surface area contributed by atoms with Crippen LogP contribution in [-0.4, -0.2) is 29.8 Å². The SMILES string of the molecule is Cc1nc(N)sc1C(=O)NCC(F)(F)C(F)F. The highest BCUT2D eigenvalue weighted by Gasteiger charge is 2.41. The van der Waals surface area contributed by atoms with Gasteiger partial charge >= 0.3 is 12.3 Å². The Morgan fingerprint density at radius 3 is 2.59 bits per heavy atom. The lowest BCUT2D eigenvalue weighted by Gasteiger charge is -2.15. The summed E-state index contributed by atoms with van der Waals surface area (Å²) in [6, 6.07) is 0. The minimum atomic E-state index is -4.25. The van der Waals surface area contributed by atoms with Gasteiger partial charge in [-0.25, -0.2) is 13.8 Å². The van der Waals surface area contributed by atoms with Crippen molar-refractivity contribution >= 4 is 22.4 Å². The number of hydrogen-bond donors (Lipinski definition) is 2. The number of nitrogens with two attached hydrogens (primary N) is 1. The number of halogens is 4. The highest BCUT2D eigenvalue weighted by molar-refractivity contribution is 7.17. The molecule has 0 aliphatic heterocycles. The van der Waals surface area contributed by atoms with Gasteiger partial charge in [-0.3, -0.25) is 4.79 Å². The number of carbonyl (C=O) groups is 1. The minimum Gasteiger partial charge on any atom is -0.375 e. The molecule has 0 aromatic carbocycles. The van der Waals surface area contributed by atoms with Crippen LogP contribution in [0.15, 0.2) is 0 Å². The van der Waals surface area contributed by atoms with E-state index in [2.05, 4.69) is 4.98 Å². The van der Waals surface area contributed by atoms with Crippen LogP contribution in [0.2, 0.25) is 0 Å². The largest absolute Gasteiger partial charge is 0.375 e. The van der Waals surface area contributed by atoms with Crippen LogP contribution in [-0.2, 0) is 0 Å². The van der Waals surface area contributed by atoms with Gasteiger partial charge in [0.05, 0.1) is 12.2 Å². The molecule has 3 N–H and O–H groups in total. The molecule has 1 aromatic heterocycles. The van der Waals surface area contributed by atoms with Crippen molar-refractivity contribution < 1.29 is 22.4 Å². The van der Waals surface area contributed by atoms with E-state index in [-0.39, 0.29) is 15.7 Å².